The van der Waals surface area contributed by atoms with Gasteiger partial charge in [0.2, 0.25) is 0 Å². The second-order valence-corrected chi connectivity index (χ2v) is 12.1. The van der Waals surface area contributed by atoms with Gasteiger partial charge in [-0.05, 0) is 78.6 Å². The zero-order valence-corrected chi connectivity index (χ0v) is 23.7. The van der Waals surface area contributed by atoms with Crippen LogP contribution in [0, 0.1) is 22.2 Å². The van der Waals surface area contributed by atoms with Gasteiger partial charge in [-0.15, -0.1) is 0 Å². The molecule has 37 heavy (non-hydrogen) atoms. The van der Waals surface area contributed by atoms with Gasteiger partial charge in [-0.2, -0.15) is 0 Å². The first-order valence-corrected chi connectivity index (χ1v) is 13.3. The van der Waals surface area contributed by atoms with E-state index < -0.39 is 33.6 Å². The number of ketones is 3. The lowest BCUT2D eigenvalue weighted by atomic mass is 9.39. The Labute approximate surface area is 222 Å². The summed E-state index contributed by atoms with van der Waals surface area (Å²) < 4.78 is 0. The number of benzene rings is 1. The molecule has 0 radical (unpaired) electrons. The second kappa shape index (κ2) is 10.4. The summed E-state index contributed by atoms with van der Waals surface area (Å²) in [5.41, 5.74) is -0.517. The molecule has 0 aliphatic heterocycles. The van der Waals surface area contributed by atoms with Crippen LogP contribution in [0.3, 0.4) is 0 Å². The Kier molecular flexibility index (Phi) is 8.02. The third-order valence-electron chi connectivity index (χ3n) is 8.47. The molecule has 1 aromatic carbocycles. The van der Waals surface area contributed by atoms with E-state index in [1.54, 1.807) is 24.3 Å². The van der Waals surface area contributed by atoms with Gasteiger partial charge in [0, 0.05) is 11.1 Å². The largest absolute Gasteiger partial charge is 0.511 e. The molecular weight excluding hydrogens is 460 g/mol. The van der Waals surface area contributed by atoms with Crippen molar-refractivity contribution in [2.45, 2.75) is 81.1 Å². The SMILES string of the molecule is CC(C)=CCC1=C(O)C2(CC=C(C)C)C[C@@H](CC=C(C)C)C(C)(C)[C@@](C(=O)c3ccccc3)(C1=O)C2=O. The number of fused-ring (bicyclic) bond motifs is 2. The van der Waals surface area contributed by atoms with Crippen molar-refractivity contribution in [2.24, 2.45) is 22.2 Å². The topological polar surface area (TPSA) is 71.4 Å². The maximum Gasteiger partial charge on any atom is 0.184 e. The van der Waals surface area contributed by atoms with E-state index in [4.69, 9.17) is 0 Å². The number of carbonyl (C=O) groups is 3. The van der Waals surface area contributed by atoms with Crippen molar-refractivity contribution in [3.63, 3.8) is 0 Å². The van der Waals surface area contributed by atoms with Crippen LogP contribution in [0.2, 0.25) is 0 Å². The van der Waals surface area contributed by atoms with Crippen LogP contribution < -0.4 is 0 Å². The van der Waals surface area contributed by atoms with Crippen LogP contribution in [0.15, 0.2) is 76.6 Å². The van der Waals surface area contributed by atoms with Gasteiger partial charge in [-0.3, -0.25) is 14.4 Å². The van der Waals surface area contributed by atoms with Crippen LogP contribution in [0.5, 0.6) is 0 Å². The van der Waals surface area contributed by atoms with Gasteiger partial charge >= 0.3 is 0 Å². The molecule has 1 saturated carbocycles. The maximum absolute atomic E-state index is 14.8. The highest BCUT2D eigenvalue weighted by Crippen LogP contribution is 2.66. The molecule has 0 heterocycles. The molecule has 1 unspecified atom stereocenters. The monoisotopic (exact) mass is 502 g/mol. The quantitative estimate of drug-likeness (QED) is 0.223. The van der Waals surface area contributed by atoms with Crippen molar-refractivity contribution >= 4 is 17.3 Å². The van der Waals surface area contributed by atoms with Crippen molar-refractivity contribution in [2.75, 3.05) is 0 Å². The molecule has 1 aromatic rings. The van der Waals surface area contributed by atoms with E-state index >= 15 is 0 Å². The lowest BCUT2D eigenvalue weighted by Gasteiger charge is -2.59. The molecule has 2 aliphatic rings. The molecule has 0 aromatic heterocycles. The lowest BCUT2D eigenvalue weighted by molar-refractivity contribution is -0.164. The van der Waals surface area contributed by atoms with Gasteiger partial charge in [0.15, 0.2) is 22.8 Å². The maximum atomic E-state index is 14.8. The third-order valence-corrected chi connectivity index (χ3v) is 8.47. The molecule has 3 atom stereocenters. The van der Waals surface area contributed by atoms with E-state index in [-0.39, 0.29) is 30.1 Å². The van der Waals surface area contributed by atoms with Crippen LogP contribution in [0.4, 0.5) is 0 Å². The molecule has 3 rings (SSSR count). The van der Waals surface area contributed by atoms with Crippen molar-refractivity contribution < 1.29 is 19.5 Å². The highest BCUT2D eigenvalue weighted by atomic mass is 16.3. The molecule has 0 saturated heterocycles. The molecule has 0 amide bonds. The molecule has 1 N–H and O–H groups in total. The summed E-state index contributed by atoms with van der Waals surface area (Å²) in [6.45, 7) is 15.6. The van der Waals surface area contributed by atoms with E-state index in [1.807, 2.05) is 73.6 Å². The Morgan fingerprint density at radius 3 is 2.03 bits per heavy atom. The number of aliphatic hydroxyl groups is 1. The van der Waals surface area contributed by atoms with Gasteiger partial charge in [-0.25, -0.2) is 0 Å². The zero-order valence-electron chi connectivity index (χ0n) is 23.7. The summed E-state index contributed by atoms with van der Waals surface area (Å²) >= 11 is 0. The number of allylic oxidation sites excluding steroid dienone is 8. The van der Waals surface area contributed by atoms with Gasteiger partial charge < -0.3 is 5.11 Å². The van der Waals surface area contributed by atoms with E-state index in [0.29, 0.717) is 18.4 Å². The van der Waals surface area contributed by atoms with Crippen LogP contribution in [-0.4, -0.2) is 22.5 Å². The average molecular weight is 503 g/mol. The van der Waals surface area contributed by atoms with Gasteiger partial charge in [-0.1, -0.05) is 79.1 Å². The second-order valence-electron chi connectivity index (χ2n) is 12.1. The molecule has 2 aliphatic carbocycles. The first-order chi connectivity index (χ1) is 17.2. The normalized spacial score (nSPS) is 26.4. The summed E-state index contributed by atoms with van der Waals surface area (Å²) in [5, 5.41) is 11.8. The Morgan fingerprint density at radius 1 is 0.919 bits per heavy atom. The van der Waals surface area contributed by atoms with Gasteiger partial charge in [0.05, 0.1) is 5.41 Å². The minimum atomic E-state index is -1.92. The Hall–Kier alpha value is -3.01. The zero-order chi connectivity index (χ0) is 27.8. The van der Waals surface area contributed by atoms with Crippen LogP contribution in [0.1, 0.15) is 91.4 Å². The number of aliphatic hydroxyl groups excluding tert-OH is 1. The first-order valence-electron chi connectivity index (χ1n) is 13.3. The summed E-state index contributed by atoms with van der Waals surface area (Å²) in [4.78, 5) is 43.9. The minimum absolute atomic E-state index is 0.147. The predicted octanol–water partition coefficient (Wildman–Crippen LogP) is 7.92. The smallest absolute Gasteiger partial charge is 0.184 e. The molecular formula is C33H42O4. The fourth-order valence-corrected chi connectivity index (χ4v) is 6.16. The van der Waals surface area contributed by atoms with Crippen molar-refractivity contribution in [1.29, 1.82) is 0 Å². The Bertz CT molecular complexity index is 1210. The third kappa shape index (κ3) is 4.60. The Morgan fingerprint density at radius 2 is 1.49 bits per heavy atom. The summed E-state index contributed by atoms with van der Waals surface area (Å²) in [6.07, 6.45) is 7.41. The van der Waals surface area contributed by atoms with Crippen LogP contribution in [-0.2, 0) is 9.59 Å². The fraction of sp³-hybridized carbons (Fsp3) is 0.485. The number of carbonyl (C=O) groups excluding carboxylic acids is 3. The molecule has 4 nitrogen and oxygen atoms in total. The van der Waals surface area contributed by atoms with Crippen molar-refractivity contribution in [3.8, 4) is 0 Å². The summed E-state index contributed by atoms with van der Waals surface area (Å²) in [7, 11) is 0. The van der Waals surface area contributed by atoms with E-state index in [9.17, 15) is 19.5 Å². The first kappa shape index (κ1) is 28.6. The summed E-state index contributed by atoms with van der Waals surface area (Å²) in [6, 6.07) is 8.68. The highest BCUT2D eigenvalue weighted by molar-refractivity contribution is 6.36. The molecule has 0 spiro atoms. The van der Waals surface area contributed by atoms with Crippen LogP contribution in [0.25, 0.3) is 0 Å². The van der Waals surface area contributed by atoms with E-state index in [2.05, 4.69) is 6.08 Å². The van der Waals surface area contributed by atoms with E-state index in [0.717, 1.165) is 16.7 Å². The number of hydrogen-bond donors (Lipinski definition) is 1. The van der Waals surface area contributed by atoms with E-state index in [1.165, 1.54) is 0 Å². The van der Waals surface area contributed by atoms with Gasteiger partial charge in [0.25, 0.3) is 0 Å². The lowest BCUT2D eigenvalue weighted by Crippen LogP contribution is -2.69. The number of rotatable bonds is 8. The molecule has 198 valence electrons. The van der Waals surface area contributed by atoms with Crippen molar-refractivity contribution in [1.82, 2.24) is 0 Å². The predicted molar refractivity (Wildman–Crippen MR) is 149 cm³/mol. The van der Waals surface area contributed by atoms with Crippen molar-refractivity contribution in [3.05, 3.63) is 82.2 Å². The Balaban J connectivity index is 2.45. The standard InChI is InChI=1S/C33H42O4/c1-21(2)14-16-25-20-32(19-18-23(5)6)28(35)26(17-15-22(3)4)29(36)33(30(32)37,31(25,7)8)27(34)24-12-10-9-11-13-24/h9-15,18,25,35H,16-17,19-20H2,1-8H3/t25-,32?,33+/m1/s1. The van der Waals surface area contributed by atoms with Crippen LogP contribution >= 0.6 is 0 Å². The molecule has 2 bridgehead atoms. The fourth-order valence-electron chi connectivity index (χ4n) is 6.16. The number of Topliss-reactive ketones (excluding diaryl/α,β-unsaturated/α-hetero) is 3. The average Bonchev–Trinajstić information content (AvgIpc) is 2.82. The van der Waals surface area contributed by atoms with Gasteiger partial charge in [0.1, 0.15) is 5.76 Å². The summed E-state index contributed by atoms with van der Waals surface area (Å²) in [5.74, 6) is -1.77. The minimum Gasteiger partial charge on any atom is -0.511 e. The number of hydrogen-bond acceptors (Lipinski definition) is 4. The molecule has 4 heteroatoms. The molecule has 1 fully saturated rings. The highest BCUT2D eigenvalue weighted by Gasteiger charge is 2.74.